The second kappa shape index (κ2) is 8.45. The predicted octanol–water partition coefficient (Wildman–Crippen LogP) is 3.78. The lowest BCUT2D eigenvalue weighted by molar-refractivity contribution is -0.0425. The Morgan fingerprint density at radius 3 is 2.80 bits per heavy atom. The number of rotatable bonds is 5. The zero-order chi connectivity index (χ0) is 21.3. The van der Waals surface area contributed by atoms with Crippen molar-refractivity contribution in [2.24, 2.45) is 0 Å². The van der Waals surface area contributed by atoms with E-state index in [-0.39, 0.29) is 17.7 Å². The summed E-state index contributed by atoms with van der Waals surface area (Å²) in [5.41, 5.74) is 3.00. The molecule has 1 saturated carbocycles. The molecule has 0 amide bonds. The molecular weight excluding hydrogens is 392 g/mol. The first-order valence-electron chi connectivity index (χ1n) is 9.81. The number of nitrogens with one attached hydrogen (secondary N) is 1. The van der Waals surface area contributed by atoms with Gasteiger partial charge in [-0.15, -0.1) is 0 Å². The molecule has 1 aliphatic carbocycles. The quantitative estimate of drug-likeness (QED) is 0.587. The second-order valence-corrected chi connectivity index (χ2v) is 7.58. The molecule has 0 saturated heterocycles. The first-order chi connectivity index (χ1) is 14.4. The van der Waals surface area contributed by atoms with Crippen molar-refractivity contribution in [1.82, 2.24) is 19.7 Å². The molecule has 2 aromatic heterocycles. The van der Waals surface area contributed by atoms with E-state index in [0.29, 0.717) is 12.1 Å². The minimum atomic E-state index is -2.67. The smallest absolute Gasteiger partial charge is 0.280 e. The summed E-state index contributed by atoms with van der Waals surface area (Å²) in [7, 11) is 0. The van der Waals surface area contributed by atoms with Crippen LogP contribution in [0.15, 0.2) is 42.9 Å². The predicted molar refractivity (Wildman–Crippen MR) is 108 cm³/mol. The highest BCUT2D eigenvalue weighted by atomic mass is 19.3. The van der Waals surface area contributed by atoms with Crippen LogP contribution < -0.4 is 5.32 Å². The fraction of sp³-hybridized carbons (Fsp3) is 0.381. The Kier molecular flexibility index (Phi) is 5.74. The van der Waals surface area contributed by atoms with Crippen LogP contribution in [-0.4, -0.2) is 42.2 Å². The molecule has 7 nitrogen and oxygen atoms in total. The van der Waals surface area contributed by atoms with Crippen LogP contribution in [0.4, 0.5) is 20.4 Å². The van der Waals surface area contributed by atoms with E-state index in [4.69, 9.17) is 0 Å². The number of benzene rings is 1. The van der Waals surface area contributed by atoms with Gasteiger partial charge in [0.1, 0.15) is 11.8 Å². The van der Waals surface area contributed by atoms with E-state index in [9.17, 15) is 19.0 Å². The molecule has 0 spiro atoms. The van der Waals surface area contributed by atoms with Crippen LogP contribution in [-0.2, 0) is 0 Å². The van der Waals surface area contributed by atoms with Crippen LogP contribution in [0.2, 0.25) is 0 Å². The molecule has 4 rings (SSSR count). The van der Waals surface area contributed by atoms with E-state index in [1.165, 1.54) is 12.3 Å². The molecule has 3 aromatic rings. The van der Waals surface area contributed by atoms with Gasteiger partial charge in [0, 0.05) is 23.6 Å². The van der Waals surface area contributed by atoms with Gasteiger partial charge in [-0.2, -0.15) is 5.10 Å². The van der Waals surface area contributed by atoms with Gasteiger partial charge in [0.2, 0.25) is 5.95 Å². The maximum Gasteiger partial charge on any atom is 0.280 e. The van der Waals surface area contributed by atoms with E-state index >= 15 is 0 Å². The number of hydrogen-bond donors (Lipinski definition) is 3. The third-order valence-corrected chi connectivity index (χ3v) is 5.30. The summed E-state index contributed by atoms with van der Waals surface area (Å²) in [5, 5.41) is 27.6. The lowest BCUT2D eigenvalue weighted by atomic mass is 9.90. The average molecular weight is 415 g/mol. The summed E-state index contributed by atoms with van der Waals surface area (Å²) in [4.78, 5) is 7.85. The number of aliphatic hydroxyl groups excluding tert-OH is 2. The van der Waals surface area contributed by atoms with E-state index in [2.05, 4.69) is 20.4 Å². The maximum atomic E-state index is 12.9. The first-order valence-corrected chi connectivity index (χ1v) is 9.81. The van der Waals surface area contributed by atoms with Gasteiger partial charge in [-0.25, -0.2) is 18.7 Å². The molecule has 0 unspecified atom stereocenters. The third kappa shape index (κ3) is 4.31. The minimum absolute atomic E-state index is 0.0966. The highest BCUT2D eigenvalue weighted by Gasteiger charge is 2.32. The largest absolute Gasteiger partial charge is 0.390 e. The zero-order valence-electron chi connectivity index (χ0n) is 16.4. The monoisotopic (exact) mass is 415 g/mol. The van der Waals surface area contributed by atoms with E-state index in [0.717, 1.165) is 29.5 Å². The number of nitrogens with zero attached hydrogens (tertiary/aromatic N) is 4. The Morgan fingerprint density at radius 2 is 2.00 bits per heavy atom. The van der Waals surface area contributed by atoms with Gasteiger partial charge in [-0.1, -0.05) is 6.07 Å². The zero-order valence-corrected chi connectivity index (χ0v) is 16.4. The molecule has 0 bridgehead atoms. The molecule has 0 radical (unpaired) electrons. The molecular formula is C21H23F2N5O2. The van der Waals surface area contributed by atoms with Crippen LogP contribution >= 0.6 is 0 Å². The average Bonchev–Trinajstić information content (AvgIpc) is 3.20. The van der Waals surface area contributed by atoms with Crippen molar-refractivity contribution in [2.45, 2.75) is 50.9 Å². The number of aromatic nitrogens is 4. The van der Waals surface area contributed by atoms with Crippen LogP contribution in [0, 0.1) is 6.92 Å². The lowest BCUT2D eigenvalue weighted by Crippen LogP contribution is -2.38. The van der Waals surface area contributed by atoms with Gasteiger partial charge < -0.3 is 15.5 Å². The van der Waals surface area contributed by atoms with Crippen LogP contribution in [0.1, 0.15) is 43.0 Å². The van der Waals surface area contributed by atoms with Crippen molar-refractivity contribution in [3.05, 3.63) is 54.1 Å². The standard InChI is InChI=1S/C21H23F2N5O2/c1-12-7-13(9-15(8-12)26-21-24-6-5-16(27-21)20(22)23)14-10-25-28(11-14)17-3-2-4-18(29)19(17)30/h5-11,17-20,29-30H,2-4H2,1H3,(H,24,26,27)/t17-,18-,19+/m0/s1. The number of aryl methyl sites for hydroxylation is 1. The Morgan fingerprint density at radius 1 is 1.17 bits per heavy atom. The van der Waals surface area contributed by atoms with Crippen molar-refractivity contribution < 1.29 is 19.0 Å². The highest BCUT2D eigenvalue weighted by Crippen LogP contribution is 2.31. The van der Waals surface area contributed by atoms with Gasteiger partial charge in [-0.05, 0) is 55.5 Å². The fourth-order valence-electron chi connectivity index (χ4n) is 3.80. The molecule has 1 aliphatic rings. The van der Waals surface area contributed by atoms with Gasteiger partial charge in [-0.3, -0.25) is 4.68 Å². The molecule has 3 N–H and O–H groups in total. The Labute approximate surface area is 172 Å². The Bertz CT molecular complexity index is 1030. The van der Waals surface area contributed by atoms with Gasteiger partial charge in [0.15, 0.2) is 0 Å². The maximum absolute atomic E-state index is 12.9. The van der Waals surface area contributed by atoms with Crippen LogP contribution in [0.25, 0.3) is 11.1 Å². The van der Waals surface area contributed by atoms with Crippen molar-refractivity contribution in [2.75, 3.05) is 5.32 Å². The SMILES string of the molecule is Cc1cc(Nc2nccc(C(F)F)n2)cc(-c2cnn([C@H]3CCC[C@H](O)[C@@H]3O)c2)c1. The first kappa shape index (κ1) is 20.4. The van der Waals surface area contributed by atoms with Crippen molar-refractivity contribution in [3.63, 3.8) is 0 Å². The summed E-state index contributed by atoms with van der Waals surface area (Å²) in [6.45, 7) is 1.93. The fourth-order valence-corrected chi connectivity index (χ4v) is 3.80. The van der Waals surface area contributed by atoms with Crippen molar-refractivity contribution in [1.29, 1.82) is 0 Å². The normalized spacial score (nSPS) is 21.7. The molecule has 1 aromatic carbocycles. The van der Waals surface area contributed by atoms with Gasteiger partial charge in [0.25, 0.3) is 6.43 Å². The second-order valence-electron chi connectivity index (χ2n) is 7.58. The van der Waals surface area contributed by atoms with Gasteiger partial charge >= 0.3 is 0 Å². The van der Waals surface area contributed by atoms with E-state index in [1.807, 2.05) is 31.3 Å². The molecule has 9 heteroatoms. The molecule has 3 atom stereocenters. The number of alkyl halides is 2. The van der Waals surface area contributed by atoms with Crippen molar-refractivity contribution >= 4 is 11.6 Å². The van der Waals surface area contributed by atoms with Crippen molar-refractivity contribution in [3.8, 4) is 11.1 Å². The molecule has 158 valence electrons. The Balaban J connectivity index is 1.58. The highest BCUT2D eigenvalue weighted by molar-refractivity contribution is 5.70. The topological polar surface area (TPSA) is 96.1 Å². The van der Waals surface area contributed by atoms with E-state index in [1.54, 1.807) is 10.9 Å². The third-order valence-electron chi connectivity index (χ3n) is 5.30. The molecule has 0 aliphatic heterocycles. The molecule has 30 heavy (non-hydrogen) atoms. The number of anilines is 2. The Hall–Kier alpha value is -2.91. The lowest BCUT2D eigenvalue weighted by Gasteiger charge is -2.31. The van der Waals surface area contributed by atoms with Gasteiger partial charge in [0.05, 0.1) is 18.3 Å². The van der Waals surface area contributed by atoms with E-state index < -0.39 is 18.6 Å². The summed E-state index contributed by atoms with van der Waals surface area (Å²) in [6.07, 6.45) is 2.76. The number of hydrogen-bond acceptors (Lipinski definition) is 6. The van der Waals surface area contributed by atoms with Crippen LogP contribution in [0.3, 0.4) is 0 Å². The summed E-state index contributed by atoms with van der Waals surface area (Å²) < 4.78 is 27.5. The minimum Gasteiger partial charge on any atom is -0.390 e. The summed E-state index contributed by atoms with van der Waals surface area (Å²) in [6, 6.07) is 6.62. The number of aliphatic hydroxyl groups is 2. The molecule has 1 fully saturated rings. The van der Waals surface area contributed by atoms with Crippen LogP contribution in [0.5, 0.6) is 0 Å². The number of halogens is 2. The molecule has 2 heterocycles. The summed E-state index contributed by atoms with van der Waals surface area (Å²) in [5.74, 6) is 0.0966. The summed E-state index contributed by atoms with van der Waals surface area (Å²) >= 11 is 0.